The van der Waals surface area contributed by atoms with Gasteiger partial charge in [-0.15, -0.1) is 0 Å². The van der Waals surface area contributed by atoms with E-state index in [1.54, 1.807) is 30.3 Å². The van der Waals surface area contributed by atoms with Crippen LogP contribution in [0.15, 0.2) is 54.6 Å². The van der Waals surface area contributed by atoms with Crippen LogP contribution >= 0.6 is 31.9 Å². The number of fused-ring (bicyclic) bond motifs is 1. The zero-order chi connectivity index (χ0) is 15.1. The van der Waals surface area contributed by atoms with Crippen LogP contribution in [0.1, 0.15) is 0 Å². The second kappa shape index (κ2) is 5.20. The lowest BCUT2D eigenvalue weighted by Gasteiger charge is -2.08. The van der Waals surface area contributed by atoms with Crippen LogP contribution in [0.4, 0.5) is 0 Å². The first-order valence-electron chi connectivity index (χ1n) is 5.93. The fourth-order valence-electron chi connectivity index (χ4n) is 2.06. The van der Waals surface area contributed by atoms with Gasteiger partial charge in [0.25, 0.3) is 0 Å². The number of aromatic hydroxyl groups is 2. The van der Waals surface area contributed by atoms with Gasteiger partial charge in [-0.05, 0) is 37.9 Å². The molecule has 2 aromatic carbocycles. The topological polar surface area (TPSA) is 70.7 Å². The lowest BCUT2D eigenvalue weighted by atomic mass is 10.1. The molecule has 0 radical (unpaired) electrons. The second-order valence-corrected chi connectivity index (χ2v) is 6.02. The fraction of sp³-hybridized carbons (Fsp3) is 0. The summed E-state index contributed by atoms with van der Waals surface area (Å²) in [5, 5.41) is 20.1. The molecule has 1 heterocycles. The average molecular weight is 412 g/mol. The molecule has 1 aromatic heterocycles. The number of hydrogen-bond acceptors (Lipinski definition) is 4. The SMILES string of the molecule is O=c1c(O)c(-c2ccccc2)oc2cc(Br)c(Br)c(O)c12. The third kappa shape index (κ3) is 2.24. The van der Waals surface area contributed by atoms with Crippen molar-refractivity contribution in [2.24, 2.45) is 0 Å². The molecular formula is C15H8Br2O4. The first-order chi connectivity index (χ1) is 10.0. The van der Waals surface area contributed by atoms with E-state index in [9.17, 15) is 15.0 Å². The maximum atomic E-state index is 12.3. The summed E-state index contributed by atoms with van der Waals surface area (Å²) in [6, 6.07) is 10.4. The highest BCUT2D eigenvalue weighted by atomic mass is 79.9. The van der Waals surface area contributed by atoms with Gasteiger partial charge in [-0.1, -0.05) is 30.3 Å². The van der Waals surface area contributed by atoms with Crippen LogP contribution in [-0.4, -0.2) is 10.2 Å². The van der Waals surface area contributed by atoms with E-state index in [4.69, 9.17) is 4.42 Å². The van der Waals surface area contributed by atoms with Gasteiger partial charge in [0.1, 0.15) is 16.7 Å². The molecule has 0 atom stereocenters. The molecule has 3 aromatic rings. The molecule has 0 saturated carbocycles. The van der Waals surface area contributed by atoms with Crippen molar-refractivity contribution >= 4 is 42.8 Å². The normalized spacial score (nSPS) is 11.0. The van der Waals surface area contributed by atoms with Crippen LogP contribution in [0.25, 0.3) is 22.3 Å². The molecule has 0 aliphatic heterocycles. The molecule has 0 amide bonds. The standard InChI is InChI=1S/C15H8Br2O4/c16-8-6-9-10(12(18)11(8)17)13(19)14(20)15(21-9)7-4-2-1-3-5-7/h1-6,18,20H. The Bertz CT molecular complexity index is 901. The predicted octanol–water partition coefficient (Wildman–Crippen LogP) is 4.40. The van der Waals surface area contributed by atoms with E-state index in [1.807, 2.05) is 6.07 Å². The van der Waals surface area contributed by atoms with Gasteiger partial charge in [0.2, 0.25) is 11.2 Å². The van der Waals surface area contributed by atoms with E-state index in [0.29, 0.717) is 14.5 Å². The third-order valence-electron chi connectivity index (χ3n) is 3.06. The van der Waals surface area contributed by atoms with Crippen molar-refractivity contribution in [3.05, 3.63) is 55.6 Å². The van der Waals surface area contributed by atoms with Crippen molar-refractivity contribution in [1.82, 2.24) is 0 Å². The van der Waals surface area contributed by atoms with Crippen LogP contribution < -0.4 is 5.43 Å². The molecule has 6 heteroatoms. The predicted molar refractivity (Wildman–Crippen MR) is 86.6 cm³/mol. The van der Waals surface area contributed by atoms with Crippen molar-refractivity contribution in [2.45, 2.75) is 0 Å². The van der Waals surface area contributed by atoms with Gasteiger partial charge >= 0.3 is 0 Å². The van der Waals surface area contributed by atoms with E-state index in [0.717, 1.165) is 0 Å². The zero-order valence-corrected chi connectivity index (χ0v) is 13.6. The van der Waals surface area contributed by atoms with Gasteiger partial charge in [-0.3, -0.25) is 4.79 Å². The minimum atomic E-state index is -0.680. The van der Waals surface area contributed by atoms with Crippen LogP contribution in [0, 0.1) is 0 Å². The van der Waals surface area contributed by atoms with Crippen LogP contribution in [0.3, 0.4) is 0 Å². The molecule has 0 saturated heterocycles. The number of hydrogen-bond donors (Lipinski definition) is 2. The first-order valence-corrected chi connectivity index (χ1v) is 7.51. The molecule has 106 valence electrons. The molecule has 0 bridgehead atoms. The zero-order valence-electron chi connectivity index (χ0n) is 10.4. The lowest BCUT2D eigenvalue weighted by Crippen LogP contribution is -2.03. The van der Waals surface area contributed by atoms with Crippen molar-refractivity contribution in [2.75, 3.05) is 0 Å². The van der Waals surface area contributed by atoms with Gasteiger partial charge in [-0.25, -0.2) is 0 Å². The molecule has 0 unspecified atom stereocenters. The first kappa shape index (κ1) is 14.2. The Morgan fingerprint density at radius 1 is 1.00 bits per heavy atom. The summed E-state index contributed by atoms with van der Waals surface area (Å²) in [6.07, 6.45) is 0. The van der Waals surface area contributed by atoms with Crippen molar-refractivity contribution in [3.8, 4) is 22.8 Å². The molecule has 0 aliphatic carbocycles. The quantitative estimate of drug-likeness (QED) is 0.622. The third-order valence-corrected chi connectivity index (χ3v) is 5.02. The highest BCUT2D eigenvalue weighted by Crippen LogP contribution is 2.40. The number of phenolic OH excluding ortho intramolecular Hbond substituents is 1. The summed E-state index contributed by atoms with van der Waals surface area (Å²) >= 11 is 6.42. The summed E-state index contributed by atoms with van der Waals surface area (Å²) < 4.78 is 6.49. The minimum Gasteiger partial charge on any atom is -0.506 e. The van der Waals surface area contributed by atoms with Crippen molar-refractivity contribution < 1.29 is 14.6 Å². The molecule has 0 spiro atoms. The van der Waals surface area contributed by atoms with E-state index >= 15 is 0 Å². The lowest BCUT2D eigenvalue weighted by molar-refractivity contribution is 0.445. The van der Waals surface area contributed by atoms with Gasteiger partial charge in [0, 0.05) is 10.0 Å². The van der Waals surface area contributed by atoms with E-state index < -0.39 is 11.2 Å². The monoisotopic (exact) mass is 410 g/mol. The Morgan fingerprint density at radius 3 is 2.33 bits per heavy atom. The van der Waals surface area contributed by atoms with Crippen LogP contribution in [0.5, 0.6) is 11.5 Å². The molecule has 0 fully saturated rings. The summed E-state index contributed by atoms with van der Waals surface area (Å²) in [6.45, 7) is 0. The fourth-order valence-corrected chi connectivity index (χ4v) is 2.76. The van der Waals surface area contributed by atoms with Gasteiger partial charge in [0.05, 0.1) is 4.47 Å². The average Bonchev–Trinajstić information content (AvgIpc) is 2.49. The summed E-state index contributed by atoms with van der Waals surface area (Å²) in [5.74, 6) is -0.733. The van der Waals surface area contributed by atoms with Crippen molar-refractivity contribution in [1.29, 1.82) is 0 Å². The number of phenols is 1. The van der Waals surface area contributed by atoms with E-state index in [-0.39, 0.29) is 22.5 Å². The van der Waals surface area contributed by atoms with Gasteiger partial charge in [-0.2, -0.15) is 0 Å². The Kier molecular flexibility index (Phi) is 3.51. The van der Waals surface area contributed by atoms with Gasteiger partial charge < -0.3 is 14.6 Å². The summed E-state index contributed by atoms with van der Waals surface area (Å²) in [4.78, 5) is 12.3. The highest BCUT2D eigenvalue weighted by Gasteiger charge is 2.20. The molecule has 21 heavy (non-hydrogen) atoms. The Balaban J connectivity index is 2.44. The molecule has 3 rings (SSSR count). The summed E-state index contributed by atoms with van der Waals surface area (Å²) in [5.41, 5.74) is 0.0811. The molecule has 2 N–H and O–H groups in total. The molecular weight excluding hydrogens is 404 g/mol. The summed E-state index contributed by atoms with van der Waals surface area (Å²) in [7, 11) is 0. The molecule has 4 nitrogen and oxygen atoms in total. The number of benzene rings is 2. The number of rotatable bonds is 1. The van der Waals surface area contributed by atoms with Gasteiger partial charge in [0.15, 0.2) is 5.76 Å². The Labute approximate surface area is 135 Å². The van der Waals surface area contributed by atoms with Crippen LogP contribution in [-0.2, 0) is 0 Å². The molecule has 0 aliphatic rings. The largest absolute Gasteiger partial charge is 0.506 e. The van der Waals surface area contributed by atoms with Crippen molar-refractivity contribution in [3.63, 3.8) is 0 Å². The highest BCUT2D eigenvalue weighted by molar-refractivity contribution is 9.13. The Hall–Kier alpha value is -1.79. The maximum absolute atomic E-state index is 12.3. The maximum Gasteiger partial charge on any atom is 0.238 e. The van der Waals surface area contributed by atoms with Crippen LogP contribution in [0.2, 0.25) is 0 Å². The smallest absolute Gasteiger partial charge is 0.238 e. The second-order valence-electron chi connectivity index (χ2n) is 4.37. The van der Waals surface area contributed by atoms with E-state index in [2.05, 4.69) is 31.9 Å². The number of halogens is 2. The Morgan fingerprint density at radius 2 is 1.67 bits per heavy atom. The minimum absolute atomic E-state index is 0.0674. The van der Waals surface area contributed by atoms with E-state index in [1.165, 1.54) is 0 Å².